The number of amides is 1. The molecular weight excluding hydrogens is 470 g/mol. The highest BCUT2D eigenvalue weighted by atomic mass is 16.6. The number of hydrogen-bond donors (Lipinski definition) is 4. The summed E-state index contributed by atoms with van der Waals surface area (Å²) in [6, 6.07) is 11.0. The van der Waals surface area contributed by atoms with Crippen molar-refractivity contribution in [3.05, 3.63) is 55.1 Å². The Morgan fingerprint density at radius 2 is 1.92 bits per heavy atom. The molecule has 4 atom stereocenters. The molecule has 4 heterocycles. The number of para-hydroxylation sites is 1. The summed E-state index contributed by atoms with van der Waals surface area (Å²) in [5.41, 5.74) is 3.38. The first-order valence-corrected chi connectivity index (χ1v) is 10.9. The fourth-order valence-corrected chi connectivity index (χ4v) is 3.89. The average Bonchev–Trinajstić information content (AvgIpc) is 3.45. The number of aliphatic hydroxyl groups excluding tert-OH is 2. The fraction of sp³-hybridized carbons (Fsp3) is 0.261. The van der Waals surface area contributed by atoms with Gasteiger partial charge in [0, 0.05) is 18.8 Å². The Morgan fingerprint density at radius 1 is 1.11 bits per heavy atom. The molecule has 0 saturated carbocycles. The first-order valence-electron chi connectivity index (χ1n) is 10.9. The number of hydroxylamine groups is 1. The number of rotatable bonds is 7. The second kappa shape index (κ2) is 9.83. The molecule has 1 saturated heterocycles. The second-order valence-corrected chi connectivity index (χ2v) is 7.89. The highest BCUT2D eigenvalue weighted by Gasteiger charge is 2.48. The van der Waals surface area contributed by atoms with Gasteiger partial charge < -0.3 is 25.0 Å². The van der Waals surface area contributed by atoms with Gasteiger partial charge in [0.15, 0.2) is 35.1 Å². The van der Waals surface area contributed by atoms with Gasteiger partial charge in [-0.1, -0.05) is 18.2 Å². The molecule has 36 heavy (non-hydrogen) atoms. The molecule has 3 aromatic heterocycles. The van der Waals surface area contributed by atoms with Gasteiger partial charge in [0.2, 0.25) is 0 Å². The molecule has 4 aromatic rings. The minimum Gasteiger partial charge on any atom is -0.456 e. The van der Waals surface area contributed by atoms with E-state index in [4.69, 9.17) is 9.47 Å². The van der Waals surface area contributed by atoms with E-state index in [-0.39, 0.29) is 0 Å². The number of hydrogen-bond acceptors (Lipinski definition) is 11. The molecule has 0 aliphatic carbocycles. The minimum atomic E-state index is -1.50. The van der Waals surface area contributed by atoms with E-state index < -0.39 is 30.4 Å². The number of aliphatic hydroxyl groups is 2. The molecule has 5 rings (SSSR count). The van der Waals surface area contributed by atoms with Crippen molar-refractivity contribution in [2.45, 2.75) is 24.5 Å². The van der Waals surface area contributed by atoms with E-state index in [1.54, 1.807) is 25.5 Å². The normalized spacial score (nSPS) is 21.4. The van der Waals surface area contributed by atoms with Gasteiger partial charge in [-0.2, -0.15) is 0 Å². The van der Waals surface area contributed by atoms with Gasteiger partial charge in [-0.25, -0.2) is 20.4 Å². The highest BCUT2D eigenvalue weighted by Crippen LogP contribution is 2.34. The van der Waals surface area contributed by atoms with E-state index in [9.17, 15) is 15.0 Å². The van der Waals surface area contributed by atoms with E-state index in [1.165, 1.54) is 18.0 Å². The van der Waals surface area contributed by atoms with Gasteiger partial charge in [0.1, 0.15) is 23.7 Å². The lowest BCUT2D eigenvalue weighted by Gasteiger charge is -2.17. The van der Waals surface area contributed by atoms with E-state index in [0.717, 1.165) is 0 Å². The maximum Gasteiger partial charge on any atom is 0.275 e. The molecule has 1 aliphatic heterocycles. The van der Waals surface area contributed by atoms with Crippen LogP contribution in [-0.2, 0) is 14.4 Å². The van der Waals surface area contributed by atoms with Crippen molar-refractivity contribution >= 4 is 22.9 Å². The van der Waals surface area contributed by atoms with Crippen LogP contribution in [-0.4, -0.2) is 73.1 Å². The smallest absolute Gasteiger partial charge is 0.275 e. The molecule has 13 heteroatoms. The summed E-state index contributed by atoms with van der Waals surface area (Å²) in [5.74, 6) is 1.14. The SMILES string of the molecule is CNc1nc(-c2cncc(Oc3ccccc3)c2)nc2c1ncn2[C@@H]1O[C@H](C(=O)NOC)[C@@H](O)[C@H]1O. The molecule has 0 radical (unpaired) electrons. The van der Waals surface area contributed by atoms with Gasteiger partial charge in [-0.15, -0.1) is 0 Å². The maximum absolute atomic E-state index is 12.2. The molecule has 0 unspecified atom stereocenters. The van der Waals surface area contributed by atoms with Gasteiger partial charge in [0.25, 0.3) is 5.91 Å². The molecular formula is C23H23N7O6. The number of carbonyl (C=O) groups is 1. The summed E-state index contributed by atoms with van der Waals surface area (Å²) in [6.45, 7) is 0. The van der Waals surface area contributed by atoms with Crippen LogP contribution in [0.3, 0.4) is 0 Å². The fourth-order valence-electron chi connectivity index (χ4n) is 3.89. The van der Waals surface area contributed by atoms with Gasteiger partial charge >= 0.3 is 0 Å². The number of fused-ring (bicyclic) bond motifs is 1. The van der Waals surface area contributed by atoms with Crippen LogP contribution < -0.4 is 15.5 Å². The standard InChI is InChI=1S/C23H23N7O6/c1-24-20-15-21(30(11-26-15)23-17(32)16(31)18(36-23)22(33)29-34-2)28-19(27-20)12-8-14(10-25-9-12)35-13-6-4-3-5-7-13/h3-11,16-18,23,31-32H,1-2H3,(H,29,33)(H,24,27,28)/t16-,17+,18-,23+/m0/s1. The summed E-state index contributed by atoms with van der Waals surface area (Å²) < 4.78 is 13.0. The molecule has 1 aliphatic rings. The summed E-state index contributed by atoms with van der Waals surface area (Å²) in [6.07, 6.45) is -0.865. The number of pyridine rings is 1. The molecule has 0 spiro atoms. The van der Waals surface area contributed by atoms with Crippen LogP contribution in [0.15, 0.2) is 55.1 Å². The maximum atomic E-state index is 12.2. The van der Waals surface area contributed by atoms with Crippen molar-refractivity contribution in [3.8, 4) is 22.9 Å². The average molecular weight is 493 g/mol. The predicted molar refractivity (Wildman–Crippen MR) is 126 cm³/mol. The summed E-state index contributed by atoms with van der Waals surface area (Å²) in [4.78, 5) is 34.5. The number of carbonyl (C=O) groups excluding carboxylic acids is 1. The predicted octanol–water partition coefficient (Wildman–Crippen LogP) is 1.02. The number of imidazole rings is 1. The summed E-state index contributed by atoms with van der Waals surface area (Å²) in [7, 11) is 2.94. The van der Waals surface area contributed by atoms with Gasteiger partial charge in [-0.05, 0) is 18.2 Å². The molecule has 13 nitrogen and oxygen atoms in total. The van der Waals surface area contributed by atoms with E-state index in [0.29, 0.717) is 39.9 Å². The summed E-state index contributed by atoms with van der Waals surface area (Å²) in [5, 5.41) is 24.0. The number of ether oxygens (including phenoxy) is 2. The quantitative estimate of drug-likeness (QED) is 0.272. The third-order valence-corrected chi connectivity index (χ3v) is 5.58. The van der Waals surface area contributed by atoms with Crippen LogP contribution in [0.2, 0.25) is 0 Å². The van der Waals surface area contributed by atoms with Crippen LogP contribution in [0, 0.1) is 0 Å². The van der Waals surface area contributed by atoms with Crippen LogP contribution in [0.4, 0.5) is 5.82 Å². The third kappa shape index (κ3) is 4.31. The van der Waals surface area contributed by atoms with Gasteiger partial charge in [0.05, 0.1) is 19.6 Å². The van der Waals surface area contributed by atoms with Crippen molar-refractivity contribution < 1.29 is 29.3 Å². The Kier molecular flexibility index (Phi) is 6.43. The Balaban J connectivity index is 1.52. The van der Waals surface area contributed by atoms with Crippen molar-refractivity contribution in [2.75, 3.05) is 19.5 Å². The number of benzene rings is 1. The topological polar surface area (TPSA) is 166 Å². The summed E-state index contributed by atoms with van der Waals surface area (Å²) >= 11 is 0. The Hall–Kier alpha value is -4.17. The lowest BCUT2D eigenvalue weighted by molar-refractivity contribution is -0.148. The van der Waals surface area contributed by atoms with Crippen molar-refractivity contribution in [1.82, 2.24) is 30.0 Å². The Morgan fingerprint density at radius 3 is 2.67 bits per heavy atom. The van der Waals surface area contributed by atoms with Crippen molar-refractivity contribution in [1.29, 1.82) is 0 Å². The third-order valence-electron chi connectivity index (χ3n) is 5.58. The number of nitrogens with one attached hydrogen (secondary N) is 2. The van der Waals surface area contributed by atoms with Crippen LogP contribution in [0.5, 0.6) is 11.5 Å². The Labute approximate surface area is 204 Å². The minimum absolute atomic E-state index is 0.307. The number of nitrogens with zero attached hydrogens (tertiary/aromatic N) is 5. The first kappa shape index (κ1) is 23.6. The highest BCUT2D eigenvalue weighted by molar-refractivity contribution is 5.85. The molecule has 1 fully saturated rings. The molecule has 1 amide bonds. The van der Waals surface area contributed by atoms with Crippen molar-refractivity contribution in [3.63, 3.8) is 0 Å². The zero-order chi connectivity index (χ0) is 25.2. The number of anilines is 1. The number of aromatic nitrogens is 5. The largest absolute Gasteiger partial charge is 0.456 e. The van der Waals surface area contributed by atoms with E-state index in [2.05, 4.69) is 35.6 Å². The molecule has 0 bridgehead atoms. The van der Waals surface area contributed by atoms with Crippen LogP contribution in [0.25, 0.3) is 22.6 Å². The lowest BCUT2D eigenvalue weighted by Crippen LogP contribution is -2.42. The van der Waals surface area contributed by atoms with Gasteiger partial charge in [-0.3, -0.25) is 19.2 Å². The zero-order valence-electron chi connectivity index (χ0n) is 19.3. The van der Waals surface area contributed by atoms with Crippen LogP contribution >= 0.6 is 0 Å². The second-order valence-electron chi connectivity index (χ2n) is 7.89. The first-order chi connectivity index (χ1) is 17.5. The molecule has 1 aromatic carbocycles. The molecule has 4 N–H and O–H groups in total. The van der Waals surface area contributed by atoms with Crippen LogP contribution in [0.1, 0.15) is 6.23 Å². The van der Waals surface area contributed by atoms with E-state index in [1.807, 2.05) is 30.3 Å². The lowest BCUT2D eigenvalue weighted by atomic mass is 10.1. The van der Waals surface area contributed by atoms with Crippen molar-refractivity contribution in [2.24, 2.45) is 0 Å². The van der Waals surface area contributed by atoms with E-state index >= 15 is 0 Å². The zero-order valence-corrected chi connectivity index (χ0v) is 19.3. The monoisotopic (exact) mass is 493 g/mol. The molecule has 186 valence electrons. The Bertz CT molecular complexity index is 1380.